The molecular formula is C11H19N5. The third-order valence-corrected chi connectivity index (χ3v) is 2.56. The summed E-state index contributed by atoms with van der Waals surface area (Å²) in [5, 5.41) is 14.4. The minimum Gasteiger partial charge on any atom is -0.369 e. The molecule has 2 rings (SSSR count). The number of rotatable bonds is 7. The van der Waals surface area contributed by atoms with Crippen molar-refractivity contribution in [1.29, 1.82) is 0 Å². The topological polar surface area (TPSA) is 62.7 Å². The molecule has 88 valence electrons. The lowest BCUT2D eigenvalue weighted by molar-refractivity contribution is 0.741. The van der Waals surface area contributed by atoms with Crippen LogP contribution in [0.25, 0.3) is 0 Å². The molecule has 16 heavy (non-hydrogen) atoms. The van der Waals surface area contributed by atoms with Gasteiger partial charge in [0.2, 0.25) is 5.95 Å². The molecule has 5 nitrogen and oxygen atoms in total. The highest BCUT2D eigenvalue weighted by molar-refractivity contribution is 5.37. The molecule has 0 bridgehead atoms. The van der Waals surface area contributed by atoms with Crippen molar-refractivity contribution in [3.8, 4) is 0 Å². The fraction of sp³-hybridized carbons (Fsp3) is 0.727. The molecule has 1 aromatic heterocycles. The van der Waals surface area contributed by atoms with E-state index >= 15 is 0 Å². The summed E-state index contributed by atoms with van der Waals surface area (Å²) < 4.78 is 0. The number of aromatic nitrogens is 3. The van der Waals surface area contributed by atoms with Crippen molar-refractivity contribution in [2.75, 3.05) is 17.2 Å². The van der Waals surface area contributed by atoms with Crippen LogP contribution in [-0.2, 0) is 0 Å². The maximum Gasteiger partial charge on any atom is 0.244 e. The number of anilines is 2. The molecule has 0 amide bonds. The van der Waals surface area contributed by atoms with Crippen molar-refractivity contribution in [3.05, 3.63) is 6.20 Å². The molecule has 0 radical (unpaired) electrons. The number of hydrogen-bond acceptors (Lipinski definition) is 5. The van der Waals surface area contributed by atoms with E-state index in [-0.39, 0.29) is 0 Å². The number of nitrogens with zero attached hydrogens (tertiary/aromatic N) is 3. The number of nitrogens with one attached hydrogen (secondary N) is 2. The van der Waals surface area contributed by atoms with Crippen molar-refractivity contribution < 1.29 is 0 Å². The van der Waals surface area contributed by atoms with Crippen LogP contribution in [0.15, 0.2) is 6.20 Å². The van der Waals surface area contributed by atoms with Gasteiger partial charge in [0.1, 0.15) is 5.82 Å². The van der Waals surface area contributed by atoms with Gasteiger partial charge in [0.25, 0.3) is 0 Å². The molecule has 5 heteroatoms. The van der Waals surface area contributed by atoms with Crippen LogP contribution in [0.1, 0.15) is 39.0 Å². The van der Waals surface area contributed by atoms with Gasteiger partial charge in [-0.3, -0.25) is 0 Å². The van der Waals surface area contributed by atoms with Gasteiger partial charge in [-0.1, -0.05) is 19.8 Å². The molecule has 1 aliphatic rings. The molecule has 0 saturated heterocycles. The molecule has 0 atom stereocenters. The minimum atomic E-state index is 0.567. The van der Waals surface area contributed by atoms with Gasteiger partial charge in [0, 0.05) is 12.6 Å². The van der Waals surface area contributed by atoms with Gasteiger partial charge < -0.3 is 10.6 Å². The van der Waals surface area contributed by atoms with E-state index in [1.165, 1.54) is 32.1 Å². The summed E-state index contributed by atoms with van der Waals surface area (Å²) in [7, 11) is 0. The maximum absolute atomic E-state index is 4.35. The Morgan fingerprint density at radius 3 is 3.00 bits per heavy atom. The van der Waals surface area contributed by atoms with E-state index in [9.17, 15) is 0 Å². The molecule has 0 aliphatic heterocycles. The number of hydrogen-bond donors (Lipinski definition) is 2. The van der Waals surface area contributed by atoms with E-state index in [2.05, 4.69) is 32.7 Å². The molecule has 2 N–H and O–H groups in total. The van der Waals surface area contributed by atoms with Gasteiger partial charge in [0.05, 0.1) is 6.20 Å². The Morgan fingerprint density at radius 1 is 1.38 bits per heavy atom. The first-order valence-electron chi connectivity index (χ1n) is 6.08. The summed E-state index contributed by atoms with van der Waals surface area (Å²) in [6.45, 7) is 3.15. The Labute approximate surface area is 96.1 Å². The standard InChI is InChI=1S/C11H19N5/c1-2-3-4-7-12-10-8-13-16-11(15-10)14-9-5-6-9/h8-9H,2-7H2,1H3,(H2,12,14,15,16). The first-order valence-corrected chi connectivity index (χ1v) is 6.08. The van der Waals surface area contributed by atoms with Crippen LogP contribution in [0, 0.1) is 0 Å². The molecule has 1 aliphatic carbocycles. The zero-order chi connectivity index (χ0) is 11.2. The largest absolute Gasteiger partial charge is 0.369 e. The molecule has 0 unspecified atom stereocenters. The Hall–Kier alpha value is -1.39. The van der Waals surface area contributed by atoms with Gasteiger partial charge in [-0.15, -0.1) is 5.10 Å². The van der Waals surface area contributed by atoms with Gasteiger partial charge in [-0.2, -0.15) is 10.1 Å². The van der Waals surface area contributed by atoms with E-state index in [0.717, 1.165) is 12.4 Å². The lowest BCUT2D eigenvalue weighted by Gasteiger charge is -2.06. The average Bonchev–Trinajstić information content (AvgIpc) is 3.09. The average molecular weight is 221 g/mol. The summed E-state index contributed by atoms with van der Waals surface area (Å²) >= 11 is 0. The first kappa shape index (κ1) is 11.1. The first-order chi connectivity index (χ1) is 7.88. The Bertz CT molecular complexity index is 324. The second kappa shape index (κ2) is 5.63. The predicted molar refractivity (Wildman–Crippen MR) is 64.5 cm³/mol. The van der Waals surface area contributed by atoms with Crippen LogP contribution in [0.2, 0.25) is 0 Å². The van der Waals surface area contributed by atoms with Crippen molar-refractivity contribution in [3.63, 3.8) is 0 Å². The lowest BCUT2D eigenvalue weighted by atomic mass is 10.2. The summed E-state index contributed by atoms with van der Waals surface area (Å²) in [4.78, 5) is 4.35. The summed E-state index contributed by atoms with van der Waals surface area (Å²) in [6.07, 6.45) is 7.77. The van der Waals surface area contributed by atoms with Crippen LogP contribution in [-0.4, -0.2) is 27.8 Å². The van der Waals surface area contributed by atoms with Gasteiger partial charge in [-0.25, -0.2) is 0 Å². The van der Waals surface area contributed by atoms with Crippen molar-refractivity contribution in [2.24, 2.45) is 0 Å². The van der Waals surface area contributed by atoms with Crippen LogP contribution in [0.4, 0.5) is 11.8 Å². The summed E-state index contributed by atoms with van der Waals surface area (Å²) in [5.41, 5.74) is 0. The normalized spacial score (nSPS) is 14.8. The quantitative estimate of drug-likeness (QED) is 0.690. The number of unbranched alkanes of at least 4 members (excludes halogenated alkanes) is 2. The Morgan fingerprint density at radius 2 is 2.25 bits per heavy atom. The molecule has 0 aromatic carbocycles. The van der Waals surface area contributed by atoms with Crippen LogP contribution >= 0.6 is 0 Å². The molecular weight excluding hydrogens is 202 g/mol. The van der Waals surface area contributed by atoms with Crippen molar-refractivity contribution in [1.82, 2.24) is 15.2 Å². The Balaban J connectivity index is 1.78. The predicted octanol–water partition coefficient (Wildman–Crippen LogP) is 2.05. The van der Waals surface area contributed by atoms with E-state index in [0.29, 0.717) is 12.0 Å². The third kappa shape index (κ3) is 3.64. The molecule has 1 aromatic rings. The van der Waals surface area contributed by atoms with Gasteiger partial charge in [0.15, 0.2) is 0 Å². The SMILES string of the molecule is CCCCCNc1cnnc(NC2CC2)n1. The molecule has 0 spiro atoms. The molecule has 1 fully saturated rings. The molecule has 1 heterocycles. The fourth-order valence-electron chi connectivity index (χ4n) is 1.45. The van der Waals surface area contributed by atoms with Crippen LogP contribution < -0.4 is 10.6 Å². The zero-order valence-electron chi connectivity index (χ0n) is 9.74. The van der Waals surface area contributed by atoms with Crippen molar-refractivity contribution in [2.45, 2.75) is 45.1 Å². The fourth-order valence-corrected chi connectivity index (χ4v) is 1.45. The zero-order valence-corrected chi connectivity index (χ0v) is 9.74. The Kier molecular flexibility index (Phi) is 3.91. The highest BCUT2D eigenvalue weighted by Crippen LogP contribution is 2.22. The second-order valence-electron chi connectivity index (χ2n) is 4.22. The second-order valence-corrected chi connectivity index (χ2v) is 4.22. The van der Waals surface area contributed by atoms with E-state index in [4.69, 9.17) is 0 Å². The van der Waals surface area contributed by atoms with Gasteiger partial charge >= 0.3 is 0 Å². The summed E-state index contributed by atoms with van der Waals surface area (Å²) in [5.74, 6) is 1.46. The monoisotopic (exact) mass is 221 g/mol. The van der Waals surface area contributed by atoms with Gasteiger partial charge in [-0.05, 0) is 19.3 Å². The van der Waals surface area contributed by atoms with Crippen LogP contribution in [0.3, 0.4) is 0 Å². The highest BCUT2D eigenvalue weighted by Gasteiger charge is 2.21. The van der Waals surface area contributed by atoms with Crippen molar-refractivity contribution >= 4 is 11.8 Å². The third-order valence-electron chi connectivity index (χ3n) is 2.56. The smallest absolute Gasteiger partial charge is 0.244 e. The minimum absolute atomic E-state index is 0.567. The summed E-state index contributed by atoms with van der Waals surface area (Å²) in [6, 6.07) is 0.567. The maximum atomic E-state index is 4.35. The van der Waals surface area contributed by atoms with E-state index in [1.807, 2.05) is 0 Å². The molecule has 1 saturated carbocycles. The van der Waals surface area contributed by atoms with E-state index in [1.54, 1.807) is 6.20 Å². The van der Waals surface area contributed by atoms with E-state index < -0.39 is 0 Å². The lowest BCUT2D eigenvalue weighted by Crippen LogP contribution is -2.09. The highest BCUT2D eigenvalue weighted by atomic mass is 15.3. The van der Waals surface area contributed by atoms with Crippen LogP contribution in [0.5, 0.6) is 0 Å².